The summed E-state index contributed by atoms with van der Waals surface area (Å²) in [5.74, 6) is 1.38. The summed E-state index contributed by atoms with van der Waals surface area (Å²) in [5.41, 5.74) is 1.11. The number of rotatable bonds is 3. The van der Waals surface area contributed by atoms with Crippen LogP contribution < -0.4 is 0 Å². The molecule has 2 aromatic rings. The van der Waals surface area contributed by atoms with Gasteiger partial charge in [-0.1, -0.05) is 0 Å². The molecular formula is C20H24N4O3. The third-order valence-corrected chi connectivity index (χ3v) is 5.47. The van der Waals surface area contributed by atoms with Gasteiger partial charge in [-0.25, -0.2) is 4.98 Å². The summed E-state index contributed by atoms with van der Waals surface area (Å²) < 4.78 is 5.84. The monoisotopic (exact) mass is 368 g/mol. The Morgan fingerprint density at radius 3 is 2.30 bits per heavy atom. The molecule has 142 valence electrons. The van der Waals surface area contributed by atoms with Crippen molar-refractivity contribution >= 4 is 11.8 Å². The maximum Gasteiger partial charge on any atom is 0.276 e. The number of piperidine rings is 1. The van der Waals surface area contributed by atoms with Gasteiger partial charge in [0, 0.05) is 50.1 Å². The van der Waals surface area contributed by atoms with E-state index in [9.17, 15) is 9.59 Å². The lowest BCUT2D eigenvalue weighted by molar-refractivity contribution is 0.0705. The molecule has 2 amide bonds. The summed E-state index contributed by atoms with van der Waals surface area (Å²) >= 11 is 0. The van der Waals surface area contributed by atoms with Crippen LogP contribution in [0.4, 0.5) is 0 Å². The molecule has 0 aromatic carbocycles. The van der Waals surface area contributed by atoms with Gasteiger partial charge in [0.2, 0.25) is 0 Å². The van der Waals surface area contributed by atoms with Gasteiger partial charge in [-0.15, -0.1) is 0 Å². The molecular weight excluding hydrogens is 344 g/mol. The minimum absolute atomic E-state index is 0.0229. The minimum atomic E-state index is -0.0229. The lowest BCUT2D eigenvalue weighted by atomic mass is 9.96. The first-order valence-corrected chi connectivity index (χ1v) is 9.59. The normalized spacial score (nSPS) is 18.1. The Morgan fingerprint density at radius 1 is 1.00 bits per heavy atom. The van der Waals surface area contributed by atoms with Crippen molar-refractivity contribution in [1.82, 2.24) is 19.8 Å². The van der Waals surface area contributed by atoms with Crippen molar-refractivity contribution in [3.8, 4) is 0 Å². The van der Waals surface area contributed by atoms with Crippen molar-refractivity contribution in [2.75, 3.05) is 26.2 Å². The lowest BCUT2D eigenvalue weighted by Gasteiger charge is -2.30. The summed E-state index contributed by atoms with van der Waals surface area (Å²) in [5, 5.41) is 0. The van der Waals surface area contributed by atoms with E-state index in [-0.39, 0.29) is 17.7 Å². The van der Waals surface area contributed by atoms with E-state index in [4.69, 9.17) is 4.42 Å². The molecule has 0 saturated carbocycles. The van der Waals surface area contributed by atoms with Gasteiger partial charge in [0.1, 0.15) is 5.76 Å². The molecule has 0 bridgehead atoms. The summed E-state index contributed by atoms with van der Waals surface area (Å²) in [6, 6.07) is 3.48. The van der Waals surface area contributed by atoms with E-state index >= 15 is 0 Å². The third-order valence-electron chi connectivity index (χ3n) is 5.47. The van der Waals surface area contributed by atoms with Gasteiger partial charge < -0.3 is 14.2 Å². The van der Waals surface area contributed by atoms with Crippen LogP contribution in [-0.4, -0.2) is 57.8 Å². The Bertz CT molecular complexity index is 819. The van der Waals surface area contributed by atoms with Crippen molar-refractivity contribution < 1.29 is 14.0 Å². The number of hydrogen-bond donors (Lipinski definition) is 0. The second kappa shape index (κ2) is 7.50. The van der Waals surface area contributed by atoms with Gasteiger partial charge in [0.25, 0.3) is 11.8 Å². The molecule has 7 nitrogen and oxygen atoms in total. The molecule has 0 unspecified atom stereocenters. The van der Waals surface area contributed by atoms with Gasteiger partial charge in [-0.2, -0.15) is 0 Å². The summed E-state index contributed by atoms with van der Waals surface area (Å²) in [4.78, 5) is 37.4. The second-order valence-corrected chi connectivity index (χ2v) is 7.26. The number of nitrogens with zero attached hydrogens (tertiary/aromatic N) is 4. The lowest BCUT2D eigenvalue weighted by Crippen LogP contribution is -2.38. The van der Waals surface area contributed by atoms with Crippen LogP contribution in [-0.2, 0) is 0 Å². The van der Waals surface area contributed by atoms with Crippen LogP contribution >= 0.6 is 0 Å². The molecule has 7 heteroatoms. The molecule has 0 radical (unpaired) electrons. The van der Waals surface area contributed by atoms with Gasteiger partial charge in [0.05, 0.1) is 0 Å². The molecule has 2 aromatic heterocycles. The zero-order valence-electron chi connectivity index (χ0n) is 15.6. The van der Waals surface area contributed by atoms with Gasteiger partial charge in [-0.05, 0) is 44.7 Å². The summed E-state index contributed by atoms with van der Waals surface area (Å²) in [6.07, 6.45) is 6.95. The number of hydrogen-bond acceptors (Lipinski definition) is 5. The summed E-state index contributed by atoms with van der Waals surface area (Å²) in [6.45, 7) is 4.72. The predicted octanol–water partition coefficient (Wildman–Crippen LogP) is 2.63. The third kappa shape index (κ3) is 3.59. The van der Waals surface area contributed by atoms with Crippen molar-refractivity contribution in [2.45, 2.75) is 38.5 Å². The van der Waals surface area contributed by atoms with Crippen molar-refractivity contribution in [2.24, 2.45) is 0 Å². The highest BCUT2D eigenvalue weighted by molar-refractivity contribution is 5.94. The Balaban J connectivity index is 1.40. The van der Waals surface area contributed by atoms with E-state index in [1.54, 1.807) is 24.5 Å². The molecule has 27 heavy (non-hydrogen) atoms. The fraction of sp³-hybridized carbons (Fsp3) is 0.500. The number of carbonyl (C=O) groups is 2. The van der Waals surface area contributed by atoms with Crippen LogP contribution in [0.1, 0.15) is 64.1 Å². The highest BCUT2D eigenvalue weighted by Gasteiger charge is 2.30. The van der Waals surface area contributed by atoms with Crippen molar-refractivity contribution in [1.29, 1.82) is 0 Å². The van der Waals surface area contributed by atoms with Crippen LogP contribution in [0.15, 0.2) is 28.9 Å². The number of oxazole rings is 1. The molecule has 2 aliphatic heterocycles. The van der Waals surface area contributed by atoms with Crippen LogP contribution in [0.25, 0.3) is 0 Å². The van der Waals surface area contributed by atoms with E-state index in [1.165, 1.54) is 0 Å². The largest absolute Gasteiger partial charge is 0.445 e. The summed E-state index contributed by atoms with van der Waals surface area (Å²) in [7, 11) is 0. The van der Waals surface area contributed by atoms with Crippen molar-refractivity contribution in [3.05, 3.63) is 47.4 Å². The maximum absolute atomic E-state index is 12.6. The topological polar surface area (TPSA) is 79.5 Å². The number of carbonyl (C=O) groups excluding carboxylic acids is 2. The zero-order chi connectivity index (χ0) is 18.8. The number of aromatic nitrogens is 2. The Kier molecular flexibility index (Phi) is 4.92. The smallest absolute Gasteiger partial charge is 0.276 e. The Labute approximate surface area is 158 Å². The molecule has 0 aliphatic carbocycles. The van der Waals surface area contributed by atoms with E-state index in [0.717, 1.165) is 38.8 Å². The van der Waals surface area contributed by atoms with E-state index in [0.29, 0.717) is 36.0 Å². The number of likely N-dealkylation sites (tertiary alicyclic amines) is 2. The first kappa shape index (κ1) is 17.7. The highest BCUT2D eigenvalue weighted by Crippen LogP contribution is 2.30. The molecule has 2 aliphatic rings. The van der Waals surface area contributed by atoms with Crippen LogP contribution in [0, 0.1) is 6.92 Å². The van der Waals surface area contributed by atoms with Crippen LogP contribution in [0.5, 0.6) is 0 Å². The van der Waals surface area contributed by atoms with Gasteiger partial charge in [-0.3, -0.25) is 14.6 Å². The molecule has 4 rings (SSSR count). The van der Waals surface area contributed by atoms with Crippen molar-refractivity contribution in [3.63, 3.8) is 0 Å². The molecule has 0 atom stereocenters. The van der Waals surface area contributed by atoms with Crippen LogP contribution in [0.2, 0.25) is 0 Å². The Hall–Kier alpha value is -2.70. The Morgan fingerprint density at radius 2 is 1.63 bits per heavy atom. The predicted molar refractivity (Wildman–Crippen MR) is 98.5 cm³/mol. The van der Waals surface area contributed by atoms with Gasteiger partial charge in [0.15, 0.2) is 11.6 Å². The molecule has 2 fully saturated rings. The molecule has 4 heterocycles. The van der Waals surface area contributed by atoms with E-state index in [2.05, 4.69) is 9.97 Å². The first-order chi connectivity index (χ1) is 13.1. The molecule has 2 saturated heterocycles. The van der Waals surface area contributed by atoms with E-state index in [1.807, 2.05) is 16.7 Å². The quantitative estimate of drug-likeness (QED) is 0.832. The average molecular weight is 368 g/mol. The molecule has 0 N–H and O–H groups in total. The van der Waals surface area contributed by atoms with Gasteiger partial charge >= 0.3 is 0 Å². The van der Waals surface area contributed by atoms with Crippen LogP contribution in [0.3, 0.4) is 0 Å². The highest BCUT2D eigenvalue weighted by atomic mass is 16.4. The van der Waals surface area contributed by atoms with E-state index < -0.39 is 0 Å². The second-order valence-electron chi connectivity index (χ2n) is 7.26. The molecule has 0 spiro atoms. The number of amides is 2. The zero-order valence-corrected chi connectivity index (χ0v) is 15.6. The first-order valence-electron chi connectivity index (χ1n) is 9.59. The number of pyridine rings is 1. The fourth-order valence-corrected chi connectivity index (χ4v) is 3.87. The average Bonchev–Trinajstić information content (AvgIpc) is 3.38. The SMILES string of the molecule is Cc1oc(C2CCN(C(=O)c3ccncc3)CC2)nc1C(=O)N1CCCC1. The number of aryl methyl sites for hydroxylation is 1. The maximum atomic E-state index is 12.6. The standard InChI is InChI=1S/C20H24N4O3/c1-14-17(20(26)23-10-2-3-11-23)22-18(27-14)15-6-12-24(13-7-15)19(25)16-4-8-21-9-5-16/h4-5,8-9,15H,2-3,6-7,10-13H2,1H3. The fourth-order valence-electron chi connectivity index (χ4n) is 3.87. The minimum Gasteiger partial charge on any atom is -0.445 e.